The van der Waals surface area contributed by atoms with Gasteiger partial charge in [0.1, 0.15) is 0 Å². The average molecular weight is 308 g/mol. The molecule has 4 rings (SSSR count). The second kappa shape index (κ2) is 4.25. The van der Waals surface area contributed by atoms with Crippen molar-refractivity contribution in [2.75, 3.05) is 13.6 Å². The third-order valence-electron chi connectivity index (χ3n) is 4.50. The Bertz CT molecular complexity index is 890. The van der Waals surface area contributed by atoms with Crippen molar-refractivity contribution in [1.29, 1.82) is 0 Å². The summed E-state index contributed by atoms with van der Waals surface area (Å²) in [6.45, 7) is 1.99. The maximum absolute atomic E-state index is 12.5. The minimum Gasteiger partial charge on any atom is -0.277 e. The van der Waals surface area contributed by atoms with Crippen LogP contribution < -0.4 is 0 Å². The Labute approximate surface area is 131 Å². The van der Waals surface area contributed by atoms with Crippen LogP contribution in [0.5, 0.6) is 0 Å². The van der Waals surface area contributed by atoms with Gasteiger partial charge < -0.3 is 0 Å². The molecule has 0 aliphatic carbocycles. The number of nitrogens with zero attached hydrogens (tertiary/aromatic N) is 2. The van der Waals surface area contributed by atoms with Gasteiger partial charge in [0.05, 0.1) is 0 Å². The zero-order valence-electron chi connectivity index (χ0n) is 12.5. The predicted molar refractivity (Wildman–Crippen MR) is 81.4 cm³/mol. The summed E-state index contributed by atoms with van der Waals surface area (Å²) in [6, 6.07) is 6.23. The lowest BCUT2D eigenvalue weighted by atomic mass is 9.86. The fourth-order valence-electron chi connectivity index (χ4n) is 3.33. The Hall–Kier alpha value is -3.02. The van der Waals surface area contributed by atoms with Gasteiger partial charge in [-0.1, -0.05) is 0 Å². The Kier molecular flexibility index (Phi) is 2.52. The van der Waals surface area contributed by atoms with Crippen LogP contribution in [0.2, 0.25) is 0 Å². The number of carbonyl (C=O) groups excluding carboxylic acids is 4. The first-order valence-electron chi connectivity index (χ1n) is 7.25. The van der Waals surface area contributed by atoms with Gasteiger partial charge in [-0.25, -0.2) is 0 Å². The van der Waals surface area contributed by atoms with Crippen LogP contribution in [0.3, 0.4) is 0 Å². The second-order valence-electron chi connectivity index (χ2n) is 5.60. The van der Waals surface area contributed by atoms with Crippen LogP contribution >= 0.6 is 0 Å². The molecule has 6 heteroatoms. The van der Waals surface area contributed by atoms with Gasteiger partial charge in [0, 0.05) is 46.6 Å². The Morgan fingerprint density at radius 2 is 1.04 bits per heavy atom. The minimum atomic E-state index is -0.427. The molecule has 0 radical (unpaired) electrons. The van der Waals surface area contributed by atoms with Crippen molar-refractivity contribution < 1.29 is 19.2 Å². The number of benzene rings is 2. The van der Waals surface area contributed by atoms with Crippen molar-refractivity contribution in [2.45, 2.75) is 6.92 Å². The lowest BCUT2D eigenvalue weighted by molar-refractivity contribution is 0.0608. The molecular formula is C17H12N2O4. The van der Waals surface area contributed by atoms with E-state index in [1.165, 1.54) is 7.05 Å². The summed E-state index contributed by atoms with van der Waals surface area (Å²) in [5, 5.41) is 0.819. The molecule has 0 bridgehead atoms. The van der Waals surface area contributed by atoms with E-state index in [0.29, 0.717) is 33.0 Å². The van der Waals surface area contributed by atoms with E-state index in [1.54, 1.807) is 31.2 Å². The van der Waals surface area contributed by atoms with E-state index in [1.807, 2.05) is 0 Å². The van der Waals surface area contributed by atoms with Crippen LogP contribution in [-0.2, 0) is 0 Å². The van der Waals surface area contributed by atoms with E-state index in [4.69, 9.17) is 0 Å². The van der Waals surface area contributed by atoms with Crippen molar-refractivity contribution in [3.63, 3.8) is 0 Å². The maximum atomic E-state index is 12.5. The monoisotopic (exact) mass is 308 g/mol. The second-order valence-corrected chi connectivity index (χ2v) is 5.60. The van der Waals surface area contributed by atoms with E-state index >= 15 is 0 Å². The molecule has 0 fully saturated rings. The van der Waals surface area contributed by atoms with E-state index in [2.05, 4.69) is 0 Å². The fraction of sp³-hybridized carbons (Fsp3) is 0.176. The van der Waals surface area contributed by atoms with Crippen LogP contribution in [0.4, 0.5) is 0 Å². The van der Waals surface area contributed by atoms with Crippen molar-refractivity contribution in [3.8, 4) is 0 Å². The summed E-state index contributed by atoms with van der Waals surface area (Å²) >= 11 is 0. The molecule has 0 N–H and O–H groups in total. The zero-order chi connectivity index (χ0) is 16.5. The number of imide groups is 2. The lowest BCUT2D eigenvalue weighted by Crippen LogP contribution is -2.42. The number of carbonyl (C=O) groups is 4. The summed E-state index contributed by atoms with van der Waals surface area (Å²) in [6.07, 6.45) is 0. The molecule has 23 heavy (non-hydrogen) atoms. The van der Waals surface area contributed by atoms with Gasteiger partial charge in [-0.05, 0) is 31.2 Å². The first-order valence-corrected chi connectivity index (χ1v) is 7.25. The Balaban J connectivity index is 2.18. The summed E-state index contributed by atoms with van der Waals surface area (Å²) in [4.78, 5) is 52.0. The third kappa shape index (κ3) is 1.47. The van der Waals surface area contributed by atoms with Crippen molar-refractivity contribution >= 4 is 34.4 Å². The van der Waals surface area contributed by atoms with E-state index < -0.39 is 23.6 Å². The highest BCUT2D eigenvalue weighted by Crippen LogP contribution is 2.37. The standard InChI is InChI=1S/C17H12N2O4/c1-3-19-16(22)10-6-4-8-12-9(15(21)18(2)14(8)20)5-7-11(13(10)12)17(19)23/h4-7H,3H2,1-2H3. The highest BCUT2D eigenvalue weighted by molar-refractivity contribution is 6.33. The van der Waals surface area contributed by atoms with Gasteiger partial charge in [0.2, 0.25) is 0 Å². The van der Waals surface area contributed by atoms with Crippen molar-refractivity contribution in [1.82, 2.24) is 9.80 Å². The first-order chi connectivity index (χ1) is 11.0. The summed E-state index contributed by atoms with van der Waals surface area (Å²) in [5.41, 5.74) is 1.39. The van der Waals surface area contributed by atoms with E-state index in [9.17, 15) is 19.2 Å². The molecule has 114 valence electrons. The number of rotatable bonds is 1. The Morgan fingerprint density at radius 3 is 1.39 bits per heavy atom. The van der Waals surface area contributed by atoms with Gasteiger partial charge in [-0.3, -0.25) is 29.0 Å². The molecular weight excluding hydrogens is 296 g/mol. The summed E-state index contributed by atoms with van der Waals surface area (Å²) < 4.78 is 0. The molecule has 0 spiro atoms. The molecule has 2 heterocycles. The third-order valence-corrected chi connectivity index (χ3v) is 4.50. The predicted octanol–water partition coefficient (Wildman–Crippen LogP) is 1.68. The molecule has 6 nitrogen and oxygen atoms in total. The lowest BCUT2D eigenvalue weighted by Gasteiger charge is -2.30. The molecule has 2 aliphatic heterocycles. The topological polar surface area (TPSA) is 74.8 Å². The maximum Gasteiger partial charge on any atom is 0.261 e. The van der Waals surface area contributed by atoms with Gasteiger partial charge in [-0.15, -0.1) is 0 Å². The van der Waals surface area contributed by atoms with Crippen LogP contribution in [0.1, 0.15) is 48.4 Å². The largest absolute Gasteiger partial charge is 0.277 e. The fourth-order valence-corrected chi connectivity index (χ4v) is 3.33. The quantitative estimate of drug-likeness (QED) is 0.751. The molecule has 0 saturated carbocycles. The molecule has 0 saturated heterocycles. The smallest absolute Gasteiger partial charge is 0.261 e. The number of hydrogen-bond donors (Lipinski definition) is 0. The van der Waals surface area contributed by atoms with Gasteiger partial charge >= 0.3 is 0 Å². The van der Waals surface area contributed by atoms with Gasteiger partial charge in [0.25, 0.3) is 23.6 Å². The van der Waals surface area contributed by atoms with Gasteiger partial charge in [0.15, 0.2) is 0 Å². The molecule has 4 amide bonds. The summed E-state index contributed by atoms with van der Waals surface area (Å²) in [7, 11) is 1.42. The van der Waals surface area contributed by atoms with Crippen LogP contribution in [0.25, 0.3) is 10.8 Å². The van der Waals surface area contributed by atoms with Crippen LogP contribution in [0.15, 0.2) is 24.3 Å². The van der Waals surface area contributed by atoms with E-state index in [-0.39, 0.29) is 6.54 Å². The molecule has 0 aromatic heterocycles. The first kappa shape index (κ1) is 13.6. The average Bonchev–Trinajstić information content (AvgIpc) is 2.56. The number of amides is 4. The summed E-state index contributed by atoms with van der Waals surface area (Å²) in [5.74, 6) is -1.65. The molecule has 2 aliphatic rings. The highest BCUT2D eigenvalue weighted by Gasteiger charge is 2.37. The molecule has 0 atom stereocenters. The van der Waals surface area contributed by atoms with Crippen molar-refractivity contribution in [2.24, 2.45) is 0 Å². The van der Waals surface area contributed by atoms with Crippen molar-refractivity contribution in [3.05, 3.63) is 46.5 Å². The number of hydrogen-bond acceptors (Lipinski definition) is 4. The highest BCUT2D eigenvalue weighted by atomic mass is 16.2. The normalized spacial score (nSPS) is 16.6. The zero-order valence-corrected chi connectivity index (χ0v) is 12.5. The molecule has 2 aromatic rings. The molecule has 2 aromatic carbocycles. The Morgan fingerprint density at radius 1 is 0.696 bits per heavy atom. The minimum absolute atomic E-state index is 0.267. The van der Waals surface area contributed by atoms with Gasteiger partial charge in [-0.2, -0.15) is 0 Å². The molecule has 0 unspecified atom stereocenters. The van der Waals surface area contributed by atoms with E-state index in [0.717, 1.165) is 9.80 Å². The van der Waals surface area contributed by atoms with Crippen LogP contribution in [-0.4, -0.2) is 47.0 Å². The SMILES string of the molecule is CCN1C(=O)c2ccc3c4c(ccc(c24)C1=O)C(=O)N(C)C3=O. The van der Waals surface area contributed by atoms with Crippen LogP contribution in [0, 0.1) is 0 Å².